The van der Waals surface area contributed by atoms with Crippen molar-refractivity contribution < 1.29 is 0 Å². The molecule has 9 nitrogen and oxygen atoms in total. The van der Waals surface area contributed by atoms with Crippen molar-refractivity contribution in [3.8, 4) is 22.5 Å². The van der Waals surface area contributed by atoms with E-state index in [1.807, 2.05) is 35.7 Å². The Morgan fingerprint density at radius 1 is 0.340 bits per heavy atom. The third-order valence-electron chi connectivity index (χ3n) is 18.1. The van der Waals surface area contributed by atoms with Crippen LogP contribution in [0.5, 0.6) is 0 Å². The fourth-order valence-corrected chi connectivity index (χ4v) is 14.2. The quantitative estimate of drug-likeness (QED) is 0.170. The molecule has 0 aliphatic heterocycles. The van der Waals surface area contributed by atoms with Gasteiger partial charge in [0, 0.05) is 125 Å². The minimum Gasteiger partial charge on any atom is -0.309 e. The minimum absolute atomic E-state index is 0.0707. The molecule has 16 rings (SSSR count). The van der Waals surface area contributed by atoms with E-state index in [1.165, 1.54) is 114 Å². The summed E-state index contributed by atoms with van der Waals surface area (Å²) in [6.07, 6.45) is 16.9. The highest BCUT2D eigenvalue weighted by Gasteiger charge is 2.28. The second-order valence-electron chi connectivity index (χ2n) is 32.0. The molecule has 0 amide bonds. The van der Waals surface area contributed by atoms with Crippen molar-refractivity contribution in [2.45, 2.75) is 164 Å². The molecule has 0 N–H and O–H groups in total. The van der Waals surface area contributed by atoms with Crippen LogP contribution in [0.2, 0.25) is 0 Å². The first-order chi connectivity index (χ1) is 47.5. The van der Waals surface area contributed by atoms with E-state index in [0.717, 1.165) is 23.6 Å². The van der Waals surface area contributed by atoms with Gasteiger partial charge in [0.05, 0.1) is 27.8 Å². The number of aromatic nitrogens is 9. The molecule has 0 saturated heterocycles. The van der Waals surface area contributed by atoms with Crippen LogP contribution in [0.25, 0.3) is 86.3 Å². The highest BCUT2D eigenvalue weighted by molar-refractivity contribution is 7.26. The van der Waals surface area contributed by atoms with Gasteiger partial charge in [-0.2, -0.15) is 0 Å². The van der Waals surface area contributed by atoms with E-state index in [1.54, 1.807) is 49.7 Å². The Morgan fingerprint density at radius 3 is 1.40 bits per heavy atom. The van der Waals surface area contributed by atoms with Crippen molar-refractivity contribution >= 4 is 75.1 Å². The molecule has 10 heteroatoms. The minimum atomic E-state index is 0.0707. The van der Waals surface area contributed by atoms with Gasteiger partial charge in [0.2, 0.25) is 0 Å². The van der Waals surface area contributed by atoms with Crippen molar-refractivity contribution in [1.29, 1.82) is 0 Å². The van der Waals surface area contributed by atoms with Crippen LogP contribution >= 0.6 is 11.3 Å². The van der Waals surface area contributed by atoms with E-state index in [9.17, 15) is 0 Å². The lowest BCUT2D eigenvalue weighted by Crippen LogP contribution is -2.14. The third kappa shape index (κ3) is 15.8. The number of pyridine rings is 1. The van der Waals surface area contributed by atoms with E-state index in [2.05, 4.69) is 345 Å². The van der Waals surface area contributed by atoms with Crippen molar-refractivity contribution in [3.63, 3.8) is 0 Å². The van der Waals surface area contributed by atoms with Gasteiger partial charge >= 0.3 is 0 Å². The van der Waals surface area contributed by atoms with E-state index in [-0.39, 0.29) is 32.5 Å². The molecule has 0 fully saturated rings. The van der Waals surface area contributed by atoms with Gasteiger partial charge in [0.15, 0.2) is 0 Å². The predicted molar refractivity (Wildman–Crippen MR) is 425 cm³/mol. The molecule has 7 aromatic heterocycles. The van der Waals surface area contributed by atoms with Crippen LogP contribution in [0.3, 0.4) is 0 Å². The summed E-state index contributed by atoms with van der Waals surface area (Å²) in [6, 6.07) is 70.1. The fraction of sp³-hybridized carbons (Fsp3) is 0.278. The van der Waals surface area contributed by atoms with Gasteiger partial charge in [-0.05, 0) is 134 Å². The van der Waals surface area contributed by atoms with Gasteiger partial charge in [-0.15, -0.1) is 11.3 Å². The number of hydrogen-bond donors (Lipinski definition) is 0. The Kier molecular flexibility index (Phi) is 20.7. The predicted octanol–water partition coefficient (Wildman–Crippen LogP) is 23.8. The normalized spacial score (nSPS) is 12.3. The van der Waals surface area contributed by atoms with Crippen LogP contribution in [0.4, 0.5) is 0 Å². The van der Waals surface area contributed by atoms with Gasteiger partial charge < -0.3 is 9.13 Å². The van der Waals surface area contributed by atoms with Gasteiger partial charge in [-0.1, -0.05) is 246 Å². The standard InChI is InChI=1S/C29H25N.C28H23NS.C9H13N.3C8H12N2/c1-29(2,3)21-15-13-19-17-20-14-16-26-28(27(20)24(19)18-21)23-11-7-8-12-25(23)30(26)22-9-5-4-6-10-22;1-28(2,3)21-14-9-13-20-26-24(30-27(20)21)17-16-23-25(26)19-12-7-8-15-22(19)29(23)18-10-5-4-6-11-18;1-9(2,3)8-5-4-6-10-7-8;1-8(2,3)7-6-9-4-5-10-7;1-8(2,3)7-4-5-9-6-10-7;1-8(2,3)7-9-5-4-6-10-7/h4-16,18H,17H2,1-3H3;4-17H,1-3H3;4-7H,1-3H3;3*4-6H,1-3H3. The molecule has 7 heterocycles. The first-order valence-electron chi connectivity index (χ1n) is 34.9. The van der Waals surface area contributed by atoms with E-state index in [4.69, 9.17) is 0 Å². The van der Waals surface area contributed by atoms with Crippen LogP contribution in [0.15, 0.2) is 250 Å². The molecule has 15 aromatic rings. The second kappa shape index (κ2) is 29.0. The van der Waals surface area contributed by atoms with E-state index in [0.29, 0.717) is 0 Å². The maximum atomic E-state index is 4.19. The largest absolute Gasteiger partial charge is 0.309 e. The Bertz CT molecular complexity index is 5030. The lowest BCUT2D eigenvalue weighted by Gasteiger charge is -2.20. The summed E-state index contributed by atoms with van der Waals surface area (Å²) in [5, 5.41) is 8.18. The molecule has 100 heavy (non-hydrogen) atoms. The SMILES string of the molecule is CC(C)(C)c1ccc2c(c1)-c1c(ccc3c1c1ccccc1n3-c1ccccc1)C2.CC(C)(C)c1cccc2c1sc1ccc3c(c4ccccc4n3-c3ccccc3)c12.CC(C)(C)c1cccnc1.CC(C)(C)c1ccncn1.CC(C)(C)c1cnccn1.CC(C)(C)c1ncccn1. The smallest absolute Gasteiger partial charge is 0.133 e. The van der Waals surface area contributed by atoms with Gasteiger partial charge in [0.1, 0.15) is 12.2 Å². The number of rotatable bonds is 2. The van der Waals surface area contributed by atoms with Gasteiger partial charge in [-0.25, -0.2) is 19.9 Å². The summed E-state index contributed by atoms with van der Waals surface area (Å²) < 4.78 is 7.60. The van der Waals surface area contributed by atoms with E-state index < -0.39 is 0 Å². The monoisotopic (exact) mass is 1340 g/mol. The Hall–Kier alpha value is -10.0. The molecule has 0 spiro atoms. The number of fused-ring (bicyclic) bond motifs is 14. The summed E-state index contributed by atoms with van der Waals surface area (Å²) in [4.78, 5) is 28.5. The average Bonchev–Trinajstić information content (AvgIpc) is 1.56. The summed E-state index contributed by atoms with van der Waals surface area (Å²) in [5.74, 6) is 0.898. The first-order valence-corrected chi connectivity index (χ1v) is 35.7. The molecule has 1 aliphatic carbocycles. The zero-order valence-electron chi connectivity index (χ0n) is 61.8. The molecule has 0 bridgehead atoms. The van der Waals surface area contributed by atoms with E-state index >= 15 is 0 Å². The number of thiophene rings is 1. The summed E-state index contributed by atoms with van der Waals surface area (Å²) >= 11 is 1.93. The second-order valence-corrected chi connectivity index (χ2v) is 33.1. The molecule has 0 atom stereocenters. The molecule has 0 radical (unpaired) electrons. The zero-order chi connectivity index (χ0) is 71.4. The molecular weight excluding hydrogens is 1240 g/mol. The average molecular weight is 1340 g/mol. The van der Waals surface area contributed by atoms with Crippen LogP contribution in [-0.4, -0.2) is 44.0 Å². The molecule has 508 valence electrons. The third-order valence-corrected chi connectivity index (χ3v) is 19.3. The van der Waals surface area contributed by atoms with Crippen LogP contribution in [-0.2, 0) is 38.9 Å². The summed E-state index contributed by atoms with van der Waals surface area (Å²) in [7, 11) is 0. The number of para-hydroxylation sites is 4. The zero-order valence-corrected chi connectivity index (χ0v) is 62.6. The van der Waals surface area contributed by atoms with Crippen LogP contribution in [0.1, 0.15) is 170 Å². The topological polar surface area (TPSA) is 100 Å². The van der Waals surface area contributed by atoms with Crippen LogP contribution < -0.4 is 0 Å². The Morgan fingerprint density at radius 2 is 0.900 bits per heavy atom. The number of hydrogen-bond acceptors (Lipinski definition) is 8. The number of benzene rings is 8. The van der Waals surface area contributed by atoms with Crippen molar-refractivity contribution in [3.05, 3.63) is 295 Å². The lowest BCUT2D eigenvalue weighted by molar-refractivity contribution is 0.545. The van der Waals surface area contributed by atoms with Crippen molar-refractivity contribution in [2.75, 3.05) is 0 Å². The Balaban J connectivity index is 0.000000132. The Labute approximate surface area is 596 Å². The fourth-order valence-electron chi connectivity index (χ4n) is 12.8. The summed E-state index contributed by atoms with van der Waals surface area (Å²) in [6.45, 7) is 39.4. The molecule has 0 unspecified atom stereocenters. The first kappa shape index (κ1) is 71.3. The summed E-state index contributed by atoms with van der Waals surface area (Å²) in [5.41, 5.74) is 20.3. The van der Waals surface area contributed by atoms with Crippen molar-refractivity contribution in [2.24, 2.45) is 0 Å². The maximum absolute atomic E-state index is 4.19. The lowest BCUT2D eigenvalue weighted by atomic mass is 9.85. The number of nitrogens with zero attached hydrogens (tertiary/aromatic N) is 9. The van der Waals surface area contributed by atoms with Crippen molar-refractivity contribution in [1.82, 2.24) is 44.0 Å². The molecule has 1 aliphatic rings. The highest BCUT2D eigenvalue weighted by atomic mass is 32.1. The highest BCUT2D eigenvalue weighted by Crippen LogP contribution is 2.48. The molecular formula is C90H97N9S. The van der Waals surface area contributed by atoms with Gasteiger partial charge in [-0.3, -0.25) is 15.0 Å². The molecule has 0 saturated carbocycles. The molecule has 8 aromatic carbocycles. The van der Waals surface area contributed by atoms with Gasteiger partial charge in [0.25, 0.3) is 0 Å². The van der Waals surface area contributed by atoms with Crippen LogP contribution in [0, 0.1) is 0 Å². The maximum Gasteiger partial charge on any atom is 0.133 e.